The molecule has 1 aromatic carbocycles. The summed E-state index contributed by atoms with van der Waals surface area (Å²) in [5, 5.41) is -0.197. The Morgan fingerprint density at radius 3 is 2.23 bits per heavy atom. The summed E-state index contributed by atoms with van der Waals surface area (Å²) in [5.74, 6) is 0. The van der Waals surface area contributed by atoms with Gasteiger partial charge in [-0.05, 0) is 23.6 Å². The summed E-state index contributed by atoms with van der Waals surface area (Å²) in [4.78, 5) is -0.868. The van der Waals surface area contributed by atoms with E-state index < -0.39 is 38.1 Å². The molecule has 126 valence electrons. The van der Waals surface area contributed by atoms with Crippen molar-refractivity contribution >= 4 is 21.6 Å². The topological polar surface area (TPSA) is 72.2 Å². The van der Waals surface area contributed by atoms with Crippen molar-refractivity contribution in [3.05, 3.63) is 28.8 Å². The lowest BCUT2D eigenvalue weighted by atomic mass is 9.88. The number of alkyl halides is 3. The first kappa shape index (κ1) is 19.2. The Morgan fingerprint density at radius 1 is 1.27 bits per heavy atom. The van der Waals surface area contributed by atoms with Crippen LogP contribution in [-0.2, 0) is 16.2 Å². The zero-order valence-corrected chi connectivity index (χ0v) is 13.9. The Balaban J connectivity index is 3.36. The van der Waals surface area contributed by atoms with Crippen LogP contribution in [0.2, 0.25) is 5.02 Å². The van der Waals surface area contributed by atoms with Crippen LogP contribution < -0.4 is 10.5 Å². The zero-order chi connectivity index (χ0) is 17.3. The average molecular weight is 359 g/mol. The highest BCUT2D eigenvalue weighted by atomic mass is 35.5. The molecule has 0 saturated carbocycles. The highest BCUT2D eigenvalue weighted by molar-refractivity contribution is 7.89. The van der Waals surface area contributed by atoms with Crippen LogP contribution in [-0.4, -0.2) is 21.0 Å². The van der Waals surface area contributed by atoms with Crippen molar-refractivity contribution in [2.75, 3.05) is 6.54 Å². The maximum atomic E-state index is 13.0. The second kappa shape index (κ2) is 6.35. The van der Waals surface area contributed by atoms with E-state index in [4.69, 9.17) is 17.3 Å². The zero-order valence-electron chi connectivity index (χ0n) is 12.3. The largest absolute Gasteiger partial charge is 0.417 e. The van der Waals surface area contributed by atoms with Gasteiger partial charge in [-0.15, -0.1) is 0 Å². The van der Waals surface area contributed by atoms with Gasteiger partial charge in [0.15, 0.2) is 0 Å². The maximum absolute atomic E-state index is 13.0. The van der Waals surface area contributed by atoms with E-state index in [0.717, 1.165) is 12.1 Å². The van der Waals surface area contributed by atoms with Crippen LogP contribution in [0.5, 0.6) is 0 Å². The molecule has 3 N–H and O–H groups in total. The number of sulfonamides is 1. The van der Waals surface area contributed by atoms with Gasteiger partial charge in [0.25, 0.3) is 0 Å². The number of nitrogens with one attached hydrogen (secondary N) is 1. The van der Waals surface area contributed by atoms with Gasteiger partial charge in [-0.3, -0.25) is 0 Å². The summed E-state index contributed by atoms with van der Waals surface area (Å²) in [7, 11) is -4.39. The van der Waals surface area contributed by atoms with E-state index in [0.29, 0.717) is 6.07 Å². The van der Waals surface area contributed by atoms with E-state index in [1.165, 1.54) is 0 Å². The molecule has 0 aliphatic rings. The molecule has 0 aliphatic carbocycles. The SMILES string of the molecule is CC(C)(C)C(CN)NS(=O)(=O)c1ccc(Cl)cc1C(F)(F)F. The number of nitrogens with two attached hydrogens (primary N) is 1. The van der Waals surface area contributed by atoms with Crippen LogP contribution in [0.1, 0.15) is 26.3 Å². The molecule has 0 heterocycles. The van der Waals surface area contributed by atoms with Gasteiger partial charge in [0.1, 0.15) is 0 Å². The Hall–Kier alpha value is -0.830. The van der Waals surface area contributed by atoms with Gasteiger partial charge < -0.3 is 5.73 Å². The normalized spacial score (nSPS) is 14.9. The molecule has 0 saturated heterocycles. The predicted molar refractivity (Wildman–Crippen MR) is 79.1 cm³/mol. The van der Waals surface area contributed by atoms with Crippen molar-refractivity contribution in [3.63, 3.8) is 0 Å². The van der Waals surface area contributed by atoms with Crippen molar-refractivity contribution < 1.29 is 21.6 Å². The average Bonchev–Trinajstić information content (AvgIpc) is 2.33. The van der Waals surface area contributed by atoms with Crippen molar-refractivity contribution in [3.8, 4) is 0 Å². The quantitative estimate of drug-likeness (QED) is 0.869. The molecule has 1 aromatic rings. The van der Waals surface area contributed by atoms with Gasteiger partial charge in [-0.25, -0.2) is 13.1 Å². The van der Waals surface area contributed by atoms with Crippen molar-refractivity contribution in [1.82, 2.24) is 4.72 Å². The summed E-state index contributed by atoms with van der Waals surface area (Å²) < 4.78 is 66.0. The molecular formula is C13H18ClF3N2O2S. The van der Waals surface area contributed by atoms with Crippen LogP contribution in [0.15, 0.2) is 23.1 Å². The Labute approximate surface area is 132 Å². The Bertz CT molecular complexity index is 640. The first-order valence-corrected chi connectivity index (χ1v) is 8.24. The van der Waals surface area contributed by atoms with Gasteiger partial charge in [0.05, 0.1) is 10.5 Å². The lowest BCUT2D eigenvalue weighted by Gasteiger charge is -2.30. The third kappa shape index (κ3) is 4.58. The van der Waals surface area contributed by atoms with Crippen molar-refractivity contribution in [2.24, 2.45) is 11.1 Å². The van der Waals surface area contributed by atoms with E-state index in [1.54, 1.807) is 20.8 Å². The Morgan fingerprint density at radius 2 is 1.82 bits per heavy atom. The third-order valence-corrected chi connectivity index (χ3v) is 4.88. The fraction of sp³-hybridized carbons (Fsp3) is 0.538. The van der Waals surface area contributed by atoms with E-state index in [1.807, 2.05) is 0 Å². The fourth-order valence-corrected chi connectivity index (χ4v) is 3.62. The van der Waals surface area contributed by atoms with Gasteiger partial charge in [-0.1, -0.05) is 32.4 Å². The van der Waals surface area contributed by atoms with Gasteiger partial charge in [-0.2, -0.15) is 13.2 Å². The third-order valence-electron chi connectivity index (χ3n) is 3.12. The first-order valence-electron chi connectivity index (χ1n) is 6.38. The second-order valence-electron chi connectivity index (χ2n) is 5.91. The van der Waals surface area contributed by atoms with E-state index in [2.05, 4.69) is 4.72 Å². The van der Waals surface area contributed by atoms with Crippen LogP contribution in [0.3, 0.4) is 0 Å². The summed E-state index contributed by atoms with van der Waals surface area (Å²) in [6, 6.07) is 1.81. The molecule has 0 amide bonds. The summed E-state index contributed by atoms with van der Waals surface area (Å²) in [6.07, 6.45) is -4.84. The molecule has 22 heavy (non-hydrogen) atoms. The minimum absolute atomic E-state index is 0.0440. The molecule has 4 nitrogen and oxygen atoms in total. The van der Waals surface area contributed by atoms with Crippen LogP contribution in [0.25, 0.3) is 0 Å². The molecule has 0 aliphatic heterocycles. The van der Waals surface area contributed by atoms with E-state index in [9.17, 15) is 21.6 Å². The Kier molecular flexibility index (Phi) is 5.55. The highest BCUT2D eigenvalue weighted by Gasteiger charge is 2.38. The van der Waals surface area contributed by atoms with Crippen LogP contribution in [0.4, 0.5) is 13.2 Å². The molecule has 0 bridgehead atoms. The van der Waals surface area contributed by atoms with Crippen molar-refractivity contribution in [1.29, 1.82) is 0 Å². The molecule has 1 atom stereocenters. The number of halogens is 4. The van der Waals surface area contributed by atoms with Crippen molar-refractivity contribution in [2.45, 2.75) is 37.9 Å². The maximum Gasteiger partial charge on any atom is 0.417 e. The van der Waals surface area contributed by atoms with Gasteiger partial charge in [0.2, 0.25) is 10.0 Å². The summed E-state index contributed by atoms with van der Waals surface area (Å²) >= 11 is 5.54. The molecule has 1 unspecified atom stereocenters. The van der Waals surface area contributed by atoms with Gasteiger partial charge >= 0.3 is 6.18 Å². The number of hydrogen-bond donors (Lipinski definition) is 2. The number of hydrogen-bond acceptors (Lipinski definition) is 3. The van der Waals surface area contributed by atoms with Gasteiger partial charge in [0, 0.05) is 17.6 Å². The second-order valence-corrected chi connectivity index (χ2v) is 8.03. The summed E-state index contributed by atoms with van der Waals surface area (Å²) in [5.41, 5.74) is 3.66. The molecule has 0 radical (unpaired) electrons. The monoisotopic (exact) mass is 358 g/mol. The van der Waals surface area contributed by atoms with E-state index in [-0.39, 0.29) is 11.6 Å². The lowest BCUT2D eigenvalue weighted by molar-refractivity contribution is -0.139. The molecule has 1 rings (SSSR count). The first-order chi connectivity index (χ1) is 9.79. The van der Waals surface area contributed by atoms with Crippen LogP contribution >= 0.6 is 11.6 Å². The predicted octanol–water partition coefficient (Wildman–Crippen LogP) is 3.01. The highest BCUT2D eigenvalue weighted by Crippen LogP contribution is 2.36. The lowest BCUT2D eigenvalue weighted by Crippen LogP contribution is -2.48. The molecule has 0 fully saturated rings. The number of benzene rings is 1. The van der Waals surface area contributed by atoms with E-state index >= 15 is 0 Å². The molecular weight excluding hydrogens is 341 g/mol. The standard InChI is InChI=1S/C13H18ClF3N2O2S/c1-12(2,3)11(7-18)19-22(20,21)10-5-4-8(14)6-9(10)13(15,16)17/h4-6,11,19H,7,18H2,1-3H3. The molecule has 0 aromatic heterocycles. The summed E-state index contributed by atoms with van der Waals surface area (Å²) in [6.45, 7) is 5.16. The fourth-order valence-electron chi connectivity index (χ4n) is 1.79. The minimum atomic E-state index is -4.84. The van der Waals surface area contributed by atoms with Crippen LogP contribution in [0, 0.1) is 5.41 Å². The molecule has 0 spiro atoms. The molecule has 9 heteroatoms. The minimum Gasteiger partial charge on any atom is -0.329 e. The smallest absolute Gasteiger partial charge is 0.329 e. The number of rotatable bonds is 4.